The number of aromatic nitrogens is 4. The molecule has 35 heavy (non-hydrogen) atoms. The van der Waals surface area contributed by atoms with E-state index in [-0.39, 0.29) is 28.9 Å². The predicted molar refractivity (Wildman–Crippen MR) is 128 cm³/mol. The van der Waals surface area contributed by atoms with Gasteiger partial charge in [-0.15, -0.1) is 10.2 Å². The number of carboxylic acids is 1. The van der Waals surface area contributed by atoms with Gasteiger partial charge in [-0.25, -0.2) is 4.79 Å². The molecule has 1 aromatic heterocycles. The van der Waals surface area contributed by atoms with Crippen LogP contribution in [0.5, 0.6) is 0 Å². The number of ether oxygens (including phenoxy) is 1. The summed E-state index contributed by atoms with van der Waals surface area (Å²) < 4.78 is 5.06. The van der Waals surface area contributed by atoms with Crippen LogP contribution >= 0.6 is 46.4 Å². The summed E-state index contributed by atoms with van der Waals surface area (Å²) >= 11 is 24.4. The molecule has 0 aliphatic carbocycles. The van der Waals surface area contributed by atoms with Crippen molar-refractivity contribution in [1.82, 2.24) is 25.5 Å². The molecule has 0 fully saturated rings. The first-order chi connectivity index (χ1) is 16.6. The number of tetrazole rings is 1. The number of aliphatic carboxylic acids is 1. The third-order valence-corrected chi connectivity index (χ3v) is 6.07. The van der Waals surface area contributed by atoms with Gasteiger partial charge in [-0.3, -0.25) is 9.59 Å². The number of Topliss-reactive ketones (excluding diaryl/α,β-unsaturated/α-hetero) is 1. The Labute approximate surface area is 219 Å². The molecule has 0 saturated carbocycles. The van der Waals surface area contributed by atoms with Gasteiger partial charge in [0.25, 0.3) is 0 Å². The Morgan fingerprint density at radius 1 is 0.971 bits per heavy atom. The van der Waals surface area contributed by atoms with Crippen molar-refractivity contribution in [2.24, 2.45) is 0 Å². The Bertz CT molecular complexity index is 1210. The van der Waals surface area contributed by atoms with E-state index in [4.69, 9.17) is 56.2 Å². The first-order valence-corrected chi connectivity index (χ1v) is 11.5. The van der Waals surface area contributed by atoms with Gasteiger partial charge in [-0.2, -0.15) is 4.80 Å². The van der Waals surface area contributed by atoms with Crippen LogP contribution in [-0.2, 0) is 33.9 Å². The van der Waals surface area contributed by atoms with E-state index in [0.717, 1.165) is 4.80 Å². The smallest absolute Gasteiger partial charge is 0.408 e. The third kappa shape index (κ3) is 7.53. The fourth-order valence-corrected chi connectivity index (χ4v) is 3.97. The van der Waals surface area contributed by atoms with Crippen LogP contribution in [0.3, 0.4) is 0 Å². The van der Waals surface area contributed by atoms with Crippen molar-refractivity contribution in [2.45, 2.75) is 32.0 Å². The van der Waals surface area contributed by atoms with Crippen molar-refractivity contribution in [3.05, 3.63) is 73.4 Å². The molecule has 184 valence electrons. The standard InChI is InChI=1S/C21H17Cl4N5O5/c22-13-3-1-4-14(23)11(13)7-19-27-29-30(28-19)9-18(31)17(8-20(32)33)26-21(34)35-10-12-15(24)5-2-6-16(12)25/h1-6,17H,7-10H2,(H,26,34)(H,32,33). The molecule has 0 saturated heterocycles. The van der Waals surface area contributed by atoms with E-state index in [0.29, 0.717) is 21.2 Å². The number of nitrogens with zero attached hydrogens (tertiary/aromatic N) is 4. The maximum atomic E-state index is 12.7. The van der Waals surface area contributed by atoms with Crippen LogP contribution in [0.15, 0.2) is 36.4 Å². The highest BCUT2D eigenvalue weighted by Gasteiger charge is 2.26. The first-order valence-electron chi connectivity index (χ1n) is 9.94. The Hall–Kier alpha value is -2.92. The highest BCUT2D eigenvalue weighted by atomic mass is 35.5. The minimum atomic E-state index is -1.41. The van der Waals surface area contributed by atoms with Gasteiger partial charge in [-0.1, -0.05) is 58.5 Å². The molecule has 3 aromatic rings. The van der Waals surface area contributed by atoms with Gasteiger partial charge in [0.15, 0.2) is 11.6 Å². The summed E-state index contributed by atoms with van der Waals surface area (Å²) in [5.74, 6) is -1.75. The second-order valence-electron chi connectivity index (χ2n) is 7.15. The van der Waals surface area contributed by atoms with Crippen molar-refractivity contribution in [3.63, 3.8) is 0 Å². The maximum absolute atomic E-state index is 12.7. The number of nitrogens with one attached hydrogen (secondary N) is 1. The average Bonchev–Trinajstić information content (AvgIpc) is 3.22. The van der Waals surface area contributed by atoms with Crippen molar-refractivity contribution in [2.75, 3.05) is 0 Å². The quantitative estimate of drug-likeness (QED) is 0.376. The fraction of sp³-hybridized carbons (Fsp3) is 0.238. The number of carboxylic acid groups (broad SMARTS) is 1. The van der Waals surface area contributed by atoms with Gasteiger partial charge in [-0.05, 0) is 35.0 Å². The number of amides is 1. The van der Waals surface area contributed by atoms with E-state index in [1.165, 1.54) is 0 Å². The van der Waals surface area contributed by atoms with Crippen LogP contribution < -0.4 is 5.32 Å². The zero-order valence-corrected chi connectivity index (χ0v) is 20.8. The van der Waals surface area contributed by atoms with Gasteiger partial charge in [0.1, 0.15) is 19.2 Å². The van der Waals surface area contributed by atoms with E-state index in [1.807, 2.05) is 0 Å². The zero-order valence-electron chi connectivity index (χ0n) is 17.8. The lowest BCUT2D eigenvalue weighted by molar-refractivity contribution is -0.139. The summed E-state index contributed by atoms with van der Waals surface area (Å²) in [6.07, 6.45) is -1.54. The van der Waals surface area contributed by atoms with E-state index >= 15 is 0 Å². The van der Waals surface area contributed by atoms with Crippen LogP contribution in [0.25, 0.3) is 0 Å². The molecule has 1 unspecified atom stereocenters. The Balaban J connectivity index is 1.62. The van der Waals surface area contributed by atoms with Crippen LogP contribution in [0.2, 0.25) is 20.1 Å². The second kappa shape index (κ2) is 12.2. The van der Waals surface area contributed by atoms with E-state index in [1.54, 1.807) is 36.4 Å². The summed E-state index contributed by atoms with van der Waals surface area (Å²) in [4.78, 5) is 37.1. The molecule has 0 aliphatic rings. The molecule has 0 aliphatic heterocycles. The molecule has 1 atom stereocenters. The largest absolute Gasteiger partial charge is 0.481 e. The summed E-state index contributed by atoms with van der Waals surface area (Å²) in [7, 11) is 0. The average molecular weight is 561 g/mol. The first kappa shape index (κ1) is 26.7. The second-order valence-corrected chi connectivity index (χ2v) is 8.78. The number of alkyl carbamates (subject to hydrolysis) is 1. The van der Waals surface area contributed by atoms with Gasteiger partial charge >= 0.3 is 12.1 Å². The highest BCUT2D eigenvalue weighted by molar-refractivity contribution is 6.36. The molecular weight excluding hydrogens is 544 g/mol. The molecule has 0 spiro atoms. The third-order valence-electron chi connectivity index (χ3n) is 4.66. The van der Waals surface area contributed by atoms with Crippen LogP contribution in [0.1, 0.15) is 23.4 Å². The van der Waals surface area contributed by atoms with Gasteiger partial charge in [0, 0.05) is 32.1 Å². The van der Waals surface area contributed by atoms with E-state index in [2.05, 4.69) is 20.7 Å². The van der Waals surface area contributed by atoms with Crippen LogP contribution in [-0.4, -0.2) is 49.2 Å². The molecule has 2 N–H and O–H groups in total. The van der Waals surface area contributed by atoms with Crippen molar-refractivity contribution in [1.29, 1.82) is 0 Å². The number of hydrogen-bond donors (Lipinski definition) is 2. The molecule has 14 heteroatoms. The monoisotopic (exact) mass is 559 g/mol. The van der Waals surface area contributed by atoms with Gasteiger partial charge < -0.3 is 15.2 Å². The van der Waals surface area contributed by atoms with Gasteiger partial charge in [0.05, 0.1) is 6.42 Å². The van der Waals surface area contributed by atoms with Crippen molar-refractivity contribution >= 4 is 64.2 Å². The van der Waals surface area contributed by atoms with Crippen LogP contribution in [0, 0.1) is 0 Å². The van der Waals surface area contributed by atoms with Crippen molar-refractivity contribution < 1.29 is 24.2 Å². The minimum Gasteiger partial charge on any atom is -0.481 e. The summed E-state index contributed by atoms with van der Waals surface area (Å²) in [6.45, 7) is -0.727. The highest BCUT2D eigenvalue weighted by Crippen LogP contribution is 2.26. The number of hydrogen-bond acceptors (Lipinski definition) is 7. The number of carbonyl (C=O) groups excluding carboxylic acids is 2. The van der Waals surface area contributed by atoms with Crippen LogP contribution in [0.4, 0.5) is 4.79 Å². The molecule has 2 aromatic carbocycles. The fourth-order valence-electron chi connectivity index (χ4n) is 2.93. The van der Waals surface area contributed by atoms with E-state index in [9.17, 15) is 14.4 Å². The molecule has 0 bridgehead atoms. The molecular formula is C21H17Cl4N5O5. The lowest BCUT2D eigenvalue weighted by Crippen LogP contribution is -2.44. The lowest BCUT2D eigenvalue weighted by atomic mass is 10.1. The molecule has 1 heterocycles. The topological polar surface area (TPSA) is 136 Å². The molecule has 10 nitrogen and oxygen atoms in total. The van der Waals surface area contributed by atoms with Crippen molar-refractivity contribution in [3.8, 4) is 0 Å². The molecule has 1 amide bonds. The number of ketones is 1. The Kier molecular flexibility index (Phi) is 9.27. The molecule has 3 rings (SSSR count). The predicted octanol–water partition coefficient (Wildman–Crippen LogP) is 4.22. The molecule has 0 radical (unpaired) electrons. The SMILES string of the molecule is O=C(O)CC(NC(=O)OCc1c(Cl)cccc1Cl)C(=O)Cn1nnc(Cc2c(Cl)cccc2Cl)n1. The van der Waals surface area contributed by atoms with Gasteiger partial charge in [0.2, 0.25) is 0 Å². The minimum absolute atomic E-state index is 0.167. The van der Waals surface area contributed by atoms with E-state index < -0.39 is 36.9 Å². The normalized spacial score (nSPS) is 11.7. The Morgan fingerprint density at radius 3 is 2.11 bits per heavy atom. The lowest BCUT2D eigenvalue weighted by Gasteiger charge is -2.16. The zero-order chi connectivity index (χ0) is 25.5. The number of halogens is 4. The summed E-state index contributed by atoms with van der Waals surface area (Å²) in [6, 6.07) is 8.38. The number of carbonyl (C=O) groups is 3. The Morgan fingerprint density at radius 2 is 1.54 bits per heavy atom. The summed E-state index contributed by atoms with van der Waals surface area (Å²) in [5, 5.41) is 24.6. The number of rotatable bonds is 10. The number of benzene rings is 2. The maximum Gasteiger partial charge on any atom is 0.408 e. The summed E-state index contributed by atoms with van der Waals surface area (Å²) in [5.41, 5.74) is 0.957.